The summed E-state index contributed by atoms with van der Waals surface area (Å²) in [5.41, 5.74) is 3.26. The topological polar surface area (TPSA) is 79.3 Å². The summed E-state index contributed by atoms with van der Waals surface area (Å²) in [6, 6.07) is 9.97. The van der Waals surface area contributed by atoms with Crippen molar-refractivity contribution in [3.8, 4) is 0 Å². The van der Waals surface area contributed by atoms with Crippen molar-refractivity contribution in [3.63, 3.8) is 0 Å². The van der Waals surface area contributed by atoms with Crippen LogP contribution >= 0.6 is 11.3 Å². The zero-order valence-corrected chi connectivity index (χ0v) is 18.6. The number of rotatable bonds is 5. The van der Waals surface area contributed by atoms with Crippen LogP contribution in [-0.4, -0.2) is 53.9 Å². The molecule has 0 unspecified atom stereocenters. The molecule has 1 aliphatic rings. The third kappa shape index (κ3) is 4.00. The van der Waals surface area contributed by atoms with Crippen LogP contribution in [0.3, 0.4) is 0 Å². The highest BCUT2D eigenvalue weighted by molar-refractivity contribution is 7.89. The fraction of sp³-hybridized carbons (Fsp3) is 0.286. The van der Waals surface area contributed by atoms with E-state index in [0.717, 1.165) is 22.0 Å². The van der Waals surface area contributed by atoms with Crippen molar-refractivity contribution in [1.82, 2.24) is 19.3 Å². The van der Waals surface area contributed by atoms with Crippen LogP contribution in [0.5, 0.6) is 0 Å². The van der Waals surface area contributed by atoms with E-state index >= 15 is 0 Å². The third-order valence-electron chi connectivity index (χ3n) is 5.11. The molecule has 0 amide bonds. The molecule has 0 N–H and O–H groups in total. The number of sulfonamides is 1. The van der Waals surface area contributed by atoms with Crippen LogP contribution in [0, 0.1) is 13.8 Å². The van der Waals surface area contributed by atoms with Gasteiger partial charge in [-0.1, -0.05) is 36.9 Å². The molecule has 156 valence electrons. The number of thiazole rings is 1. The maximum absolute atomic E-state index is 13.0. The molecule has 1 saturated heterocycles. The minimum atomic E-state index is -3.61. The Morgan fingerprint density at radius 1 is 1.07 bits per heavy atom. The smallest absolute Gasteiger partial charge is 0.246 e. The van der Waals surface area contributed by atoms with E-state index in [-0.39, 0.29) is 4.90 Å². The molecule has 30 heavy (non-hydrogen) atoms. The van der Waals surface area contributed by atoms with E-state index in [2.05, 4.69) is 21.4 Å². The lowest BCUT2D eigenvalue weighted by Gasteiger charge is -2.33. The van der Waals surface area contributed by atoms with E-state index in [1.165, 1.54) is 10.5 Å². The summed E-state index contributed by atoms with van der Waals surface area (Å²) >= 11 is 1.55. The van der Waals surface area contributed by atoms with Gasteiger partial charge in [0, 0.05) is 37.1 Å². The van der Waals surface area contributed by atoms with Gasteiger partial charge in [-0.05, 0) is 19.4 Å². The Kier molecular flexibility index (Phi) is 5.68. The van der Waals surface area contributed by atoms with Gasteiger partial charge < -0.3 is 4.90 Å². The second kappa shape index (κ2) is 8.25. The van der Waals surface area contributed by atoms with Crippen LogP contribution in [0.1, 0.15) is 22.8 Å². The quantitative estimate of drug-likeness (QED) is 0.605. The minimum Gasteiger partial charge on any atom is -0.345 e. The zero-order chi connectivity index (χ0) is 21.3. The van der Waals surface area contributed by atoms with Gasteiger partial charge in [-0.2, -0.15) is 4.31 Å². The monoisotopic (exact) mass is 441 g/mol. The molecule has 4 rings (SSSR count). The van der Waals surface area contributed by atoms with Crippen molar-refractivity contribution in [2.45, 2.75) is 18.7 Å². The number of nitrogens with zero attached hydrogens (tertiary/aromatic N) is 5. The Morgan fingerprint density at radius 2 is 1.77 bits per heavy atom. The van der Waals surface area contributed by atoms with Gasteiger partial charge >= 0.3 is 0 Å². The molecule has 0 bridgehead atoms. The number of aryl methyl sites for hydroxylation is 2. The molecular weight excluding hydrogens is 418 g/mol. The summed E-state index contributed by atoms with van der Waals surface area (Å²) in [4.78, 5) is 15.3. The van der Waals surface area contributed by atoms with Gasteiger partial charge in [-0.25, -0.2) is 23.4 Å². The Hall–Kier alpha value is -2.62. The van der Waals surface area contributed by atoms with Crippen molar-refractivity contribution in [3.05, 3.63) is 71.3 Å². The number of aromatic nitrogens is 3. The van der Waals surface area contributed by atoms with Gasteiger partial charge in [0.2, 0.25) is 10.0 Å². The first kappa shape index (κ1) is 20.6. The van der Waals surface area contributed by atoms with Crippen LogP contribution in [0.15, 0.2) is 53.4 Å². The Morgan fingerprint density at radius 3 is 2.43 bits per heavy atom. The summed E-state index contributed by atoms with van der Waals surface area (Å²) in [6.07, 6.45) is 1.40. The average Bonchev–Trinajstić information content (AvgIpc) is 3.24. The van der Waals surface area contributed by atoms with E-state index in [1.54, 1.807) is 25.2 Å². The maximum atomic E-state index is 13.0. The number of hydrogen-bond acceptors (Lipinski definition) is 7. The van der Waals surface area contributed by atoms with Crippen molar-refractivity contribution >= 4 is 32.1 Å². The van der Waals surface area contributed by atoms with Gasteiger partial charge in [0.25, 0.3) is 0 Å². The molecule has 0 saturated carbocycles. The molecule has 1 fully saturated rings. The highest BCUT2D eigenvalue weighted by Gasteiger charge is 2.31. The maximum Gasteiger partial charge on any atom is 0.246 e. The molecule has 0 radical (unpaired) electrons. The highest BCUT2D eigenvalue weighted by atomic mass is 32.2. The fourth-order valence-corrected chi connectivity index (χ4v) is 5.84. The van der Waals surface area contributed by atoms with Crippen molar-refractivity contribution in [1.29, 1.82) is 0 Å². The molecule has 3 aromatic rings. The molecule has 9 heteroatoms. The predicted molar refractivity (Wildman–Crippen MR) is 119 cm³/mol. The average molecular weight is 442 g/mol. The number of anilines is 1. The SMILES string of the molecule is C=C(c1ccccc1)c1csc(N2CCN(S(=O)(=O)c3cnc(C)nc3C)CC2)n1. The van der Waals surface area contributed by atoms with Gasteiger partial charge in [-0.15, -0.1) is 11.3 Å². The standard InChI is InChI=1S/C21H23N5O2S2/c1-15(18-7-5-4-6-8-18)19-14-29-21(24-19)25-9-11-26(12-10-25)30(27,28)20-13-22-17(3)23-16(20)2/h4-8,13-14H,1,9-12H2,2-3H3. The largest absolute Gasteiger partial charge is 0.345 e. The van der Waals surface area contributed by atoms with Gasteiger partial charge in [0.15, 0.2) is 5.13 Å². The lowest BCUT2D eigenvalue weighted by Crippen LogP contribution is -2.48. The van der Waals surface area contributed by atoms with Crippen LogP contribution < -0.4 is 4.90 Å². The number of piperazine rings is 1. The van der Waals surface area contributed by atoms with Crippen LogP contribution in [0.2, 0.25) is 0 Å². The minimum absolute atomic E-state index is 0.178. The van der Waals surface area contributed by atoms with Gasteiger partial charge in [0.1, 0.15) is 10.7 Å². The van der Waals surface area contributed by atoms with E-state index in [1.807, 2.05) is 35.7 Å². The first-order valence-corrected chi connectivity index (χ1v) is 11.9. The lowest BCUT2D eigenvalue weighted by atomic mass is 10.1. The highest BCUT2D eigenvalue weighted by Crippen LogP contribution is 2.29. The van der Waals surface area contributed by atoms with Gasteiger partial charge in [-0.3, -0.25) is 0 Å². The lowest BCUT2D eigenvalue weighted by molar-refractivity contribution is 0.384. The Balaban J connectivity index is 1.45. The van der Waals surface area contributed by atoms with E-state index in [4.69, 9.17) is 4.98 Å². The first-order valence-electron chi connectivity index (χ1n) is 9.62. The second-order valence-corrected chi connectivity index (χ2v) is 9.86. The predicted octanol–water partition coefficient (Wildman–Crippen LogP) is 3.12. The molecule has 2 aromatic heterocycles. The van der Waals surface area contributed by atoms with Crippen molar-refractivity contribution in [2.24, 2.45) is 0 Å². The van der Waals surface area contributed by atoms with Crippen molar-refractivity contribution < 1.29 is 8.42 Å². The third-order valence-corrected chi connectivity index (χ3v) is 8.01. The Bertz CT molecular complexity index is 1170. The summed E-state index contributed by atoms with van der Waals surface area (Å²) < 4.78 is 27.5. The van der Waals surface area contributed by atoms with Crippen LogP contribution in [-0.2, 0) is 10.0 Å². The zero-order valence-electron chi connectivity index (χ0n) is 16.9. The molecule has 0 spiro atoms. The molecule has 1 aromatic carbocycles. The molecule has 0 atom stereocenters. The van der Waals surface area contributed by atoms with E-state index in [0.29, 0.717) is 37.7 Å². The molecule has 0 aliphatic carbocycles. The molecular formula is C21H23N5O2S2. The number of benzene rings is 1. The fourth-order valence-electron chi connectivity index (χ4n) is 3.42. The van der Waals surface area contributed by atoms with Crippen LogP contribution in [0.25, 0.3) is 5.57 Å². The summed E-state index contributed by atoms with van der Waals surface area (Å²) in [5, 5.41) is 2.88. The van der Waals surface area contributed by atoms with Gasteiger partial charge in [0.05, 0.1) is 17.6 Å². The summed E-state index contributed by atoms with van der Waals surface area (Å²) in [7, 11) is -3.61. The second-order valence-electron chi connectivity index (χ2n) is 7.12. The van der Waals surface area contributed by atoms with E-state index < -0.39 is 10.0 Å². The summed E-state index contributed by atoms with van der Waals surface area (Å²) in [6.45, 7) is 9.57. The molecule has 7 nitrogen and oxygen atoms in total. The van der Waals surface area contributed by atoms with Crippen LogP contribution in [0.4, 0.5) is 5.13 Å². The molecule has 1 aliphatic heterocycles. The first-order chi connectivity index (χ1) is 14.4. The summed E-state index contributed by atoms with van der Waals surface area (Å²) in [5.74, 6) is 0.563. The molecule has 3 heterocycles. The Labute approximate surface area is 180 Å². The van der Waals surface area contributed by atoms with E-state index in [9.17, 15) is 8.42 Å². The normalized spacial score (nSPS) is 15.3. The number of hydrogen-bond donors (Lipinski definition) is 0. The van der Waals surface area contributed by atoms with Crippen molar-refractivity contribution in [2.75, 3.05) is 31.1 Å².